The Hall–Kier alpha value is -1.10. The first kappa shape index (κ1) is 14.3. The largest absolute Gasteiger partial charge is 0.321 e. The van der Waals surface area contributed by atoms with Crippen LogP contribution in [0.5, 0.6) is 0 Å². The number of aromatic nitrogens is 2. The Labute approximate surface area is 125 Å². The lowest BCUT2D eigenvalue weighted by molar-refractivity contribution is 0.0965. The monoisotopic (exact) mass is 317 g/mol. The molecule has 1 aliphatic rings. The molecule has 0 fully saturated rings. The summed E-state index contributed by atoms with van der Waals surface area (Å²) in [5.74, 6) is -0.413. The van der Waals surface area contributed by atoms with Crippen molar-refractivity contribution in [1.82, 2.24) is 15.3 Å². The highest BCUT2D eigenvalue weighted by Gasteiger charge is 2.18. The molecule has 100 valence electrons. The number of nitrogens with zero attached hydrogens (tertiary/aromatic N) is 2. The average molecular weight is 319 g/mol. The number of rotatable bonds is 2. The van der Waals surface area contributed by atoms with Gasteiger partial charge in [0.15, 0.2) is 0 Å². The minimum absolute atomic E-state index is 0.00617. The predicted molar refractivity (Wildman–Crippen MR) is 75.4 cm³/mol. The van der Waals surface area contributed by atoms with Crippen LogP contribution >= 0.6 is 34.8 Å². The van der Waals surface area contributed by atoms with E-state index in [0.717, 1.165) is 12.0 Å². The molecule has 4 nitrogen and oxygen atoms in total. The summed E-state index contributed by atoms with van der Waals surface area (Å²) in [7, 11) is 0. The Morgan fingerprint density at radius 1 is 1.37 bits per heavy atom. The molecule has 0 bridgehead atoms. The van der Waals surface area contributed by atoms with E-state index in [1.807, 2.05) is 13.0 Å². The highest BCUT2D eigenvalue weighted by atomic mass is 35.5. The number of carbonyl (C=O) groups excluding carboxylic acids is 1. The summed E-state index contributed by atoms with van der Waals surface area (Å²) in [6, 6.07) is 0. The molecule has 0 saturated heterocycles. The fourth-order valence-electron chi connectivity index (χ4n) is 1.70. The van der Waals surface area contributed by atoms with Gasteiger partial charge in [0.05, 0.1) is 11.3 Å². The van der Waals surface area contributed by atoms with Gasteiger partial charge in [0.1, 0.15) is 5.15 Å². The van der Waals surface area contributed by atoms with E-state index in [1.165, 1.54) is 6.20 Å². The summed E-state index contributed by atoms with van der Waals surface area (Å²) >= 11 is 17.5. The Morgan fingerprint density at radius 3 is 2.74 bits per heavy atom. The van der Waals surface area contributed by atoms with Gasteiger partial charge in [-0.2, -0.15) is 0 Å². The van der Waals surface area contributed by atoms with Gasteiger partial charge in [-0.15, -0.1) is 0 Å². The summed E-state index contributed by atoms with van der Waals surface area (Å²) in [5.41, 5.74) is 1.70. The molecule has 0 radical (unpaired) electrons. The van der Waals surface area contributed by atoms with Gasteiger partial charge in [0.25, 0.3) is 5.91 Å². The van der Waals surface area contributed by atoms with Crippen LogP contribution in [0.1, 0.15) is 30.1 Å². The van der Waals surface area contributed by atoms with Crippen molar-refractivity contribution in [3.63, 3.8) is 0 Å². The number of allylic oxidation sites excluding steroid dienone is 3. The molecule has 1 aromatic heterocycles. The fraction of sp³-hybridized carbons (Fsp3) is 0.250. The summed E-state index contributed by atoms with van der Waals surface area (Å²) in [5, 5.41) is 3.35. The van der Waals surface area contributed by atoms with Gasteiger partial charge in [-0.05, 0) is 36.9 Å². The zero-order valence-corrected chi connectivity index (χ0v) is 12.3. The lowest BCUT2D eigenvalue weighted by Crippen LogP contribution is -2.25. The molecule has 1 aliphatic carbocycles. The molecule has 7 heteroatoms. The van der Waals surface area contributed by atoms with Crippen LogP contribution < -0.4 is 5.32 Å². The normalized spacial score (nSPS) is 15.3. The first-order chi connectivity index (χ1) is 8.99. The van der Waals surface area contributed by atoms with E-state index in [2.05, 4.69) is 15.3 Å². The molecule has 0 aromatic carbocycles. The van der Waals surface area contributed by atoms with Crippen molar-refractivity contribution in [3.05, 3.63) is 44.6 Å². The smallest absolute Gasteiger partial charge is 0.260 e. The van der Waals surface area contributed by atoms with E-state index in [0.29, 0.717) is 17.2 Å². The standard InChI is InChI=1S/C12H10Cl3N3O/c1-6-3-2-4-8(13)9(6)17-11(19)7-5-16-12(15)18-10(7)14/h3,5H,2,4H2,1H3,(H,17,19). The zero-order valence-electron chi connectivity index (χ0n) is 10.0. The van der Waals surface area contributed by atoms with Crippen molar-refractivity contribution >= 4 is 40.7 Å². The number of halogens is 3. The number of amides is 1. The van der Waals surface area contributed by atoms with Crippen LogP contribution in [0.2, 0.25) is 10.4 Å². The third-order valence-electron chi connectivity index (χ3n) is 2.68. The van der Waals surface area contributed by atoms with Gasteiger partial charge in [0, 0.05) is 11.2 Å². The van der Waals surface area contributed by atoms with Gasteiger partial charge in [-0.25, -0.2) is 9.97 Å². The lowest BCUT2D eigenvalue weighted by Gasteiger charge is -2.17. The average Bonchev–Trinajstić information content (AvgIpc) is 2.33. The minimum atomic E-state index is -0.413. The van der Waals surface area contributed by atoms with E-state index in [4.69, 9.17) is 34.8 Å². The maximum absolute atomic E-state index is 12.1. The van der Waals surface area contributed by atoms with Gasteiger partial charge in [0.2, 0.25) is 5.28 Å². The van der Waals surface area contributed by atoms with Crippen LogP contribution in [0.4, 0.5) is 0 Å². The highest BCUT2D eigenvalue weighted by Crippen LogP contribution is 2.26. The molecule has 1 heterocycles. The van der Waals surface area contributed by atoms with Gasteiger partial charge in [-0.1, -0.05) is 29.3 Å². The summed E-state index contributed by atoms with van der Waals surface area (Å²) in [6.45, 7) is 1.89. The van der Waals surface area contributed by atoms with Crippen LogP contribution in [0, 0.1) is 0 Å². The van der Waals surface area contributed by atoms with Crippen molar-refractivity contribution in [2.75, 3.05) is 0 Å². The second-order valence-corrected chi connectivity index (χ2v) is 5.16. The summed E-state index contributed by atoms with van der Waals surface area (Å²) < 4.78 is 0. The predicted octanol–water partition coefficient (Wildman–Crippen LogP) is 3.70. The Kier molecular flexibility index (Phi) is 4.45. The number of nitrogens with one attached hydrogen (secondary N) is 1. The first-order valence-electron chi connectivity index (χ1n) is 5.54. The second kappa shape index (κ2) is 5.90. The Balaban J connectivity index is 2.24. The molecule has 1 aromatic rings. The van der Waals surface area contributed by atoms with Crippen molar-refractivity contribution < 1.29 is 4.79 Å². The van der Waals surface area contributed by atoms with Gasteiger partial charge >= 0.3 is 0 Å². The van der Waals surface area contributed by atoms with Crippen LogP contribution in [0.15, 0.2) is 28.6 Å². The third kappa shape index (κ3) is 3.26. The summed E-state index contributed by atoms with van der Waals surface area (Å²) in [4.78, 5) is 19.6. The Morgan fingerprint density at radius 2 is 2.11 bits per heavy atom. The van der Waals surface area contributed by atoms with Crippen LogP contribution in [0.25, 0.3) is 0 Å². The van der Waals surface area contributed by atoms with Crippen molar-refractivity contribution in [2.24, 2.45) is 0 Å². The van der Waals surface area contributed by atoms with E-state index in [9.17, 15) is 4.79 Å². The maximum Gasteiger partial charge on any atom is 0.260 e. The first-order valence-corrected chi connectivity index (χ1v) is 6.67. The van der Waals surface area contributed by atoms with Crippen molar-refractivity contribution in [2.45, 2.75) is 19.8 Å². The number of hydrogen-bond acceptors (Lipinski definition) is 3. The van der Waals surface area contributed by atoms with E-state index >= 15 is 0 Å². The molecule has 0 saturated carbocycles. The second-order valence-electron chi connectivity index (χ2n) is 4.00. The maximum atomic E-state index is 12.1. The molecule has 0 aliphatic heterocycles. The molecule has 0 unspecified atom stereocenters. The highest BCUT2D eigenvalue weighted by molar-refractivity contribution is 6.34. The number of hydrogen-bond donors (Lipinski definition) is 1. The zero-order chi connectivity index (χ0) is 14.0. The fourth-order valence-corrected chi connectivity index (χ4v) is 2.39. The molecule has 1 amide bonds. The quantitative estimate of drug-likeness (QED) is 0.668. The minimum Gasteiger partial charge on any atom is -0.321 e. The molecular weight excluding hydrogens is 309 g/mol. The van der Waals surface area contributed by atoms with Crippen LogP contribution in [-0.4, -0.2) is 15.9 Å². The third-order valence-corrected chi connectivity index (χ3v) is 3.52. The Bertz CT molecular complexity index is 596. The van der Waals surface area contributed by atoms with Gasteiger partial charge in [-0.3, -0.25) is 4.79 Å². The topological polar surface area (TPSA) is 54.9 Å². The van der Waals surface area contributed by atoms with E-state index in [-0.39, 0.29) is 16.0 Å². The molecular formula is C12H10Cl3N3O. The van der Waals surface area contributed by atoms with E-state index < -0.39 is 5.91 Å². The molecule has 0 spiro atoms. The lowest BCUT2D eigenvalue weighted by atomic mass is 10.0. The molecule has 2 rings (SSSR count). The van der Waals surface area contributed by atoms with Gasteiger partial charge < -0.3 is 5.32 Å². The summed E-state index contributed by atoms with van der Waals surface area (Å²) in [6.07, 6.45) is 4.87. The molecule has 1 N–H and O–H groups in total. The van der Waals surface area contributed by atoms with Crippen molar-refractivity contribution in [3.8, 4) is 0 Å². The van der Waals surface area contributed by atoms with E-state index in [1.54, 1.807) is 0 Å². The molecule has 0 atom stereocenters. The van der Waals surface area contributed by atoms with Crippen molar-refractivity contribution in [1.29, 1.82) is 0 Å². The molecule has 19 heavy (non-hydrogen) atoms. The number of carbonyl (C=O) groups is 1. The SMILES string of the molecule is CC1=CCCC(Cl)=C1NC(=O)c1cnc(Cl)nc1Cl. The van der Waals surface area contributed by atoms with Crippen LogP contribution in [-0.2, 0) is 0 Å². The van der Waals surface area contributed by atoms with Crippen LogP contribution in [0.3, 0.4) is 0 Å².